The van der Waals surface area contributed by atoms with Crippen LogP contribution in [0, 0.1) is 26.6 Å². The second-order valence-corrected chi connectivity index (χ2v) is 6.22. The lowest BCUT2D eigenvalue weighted by molar-refractivity contribution is -0.121. The second-order valence-electron chi connectivity index (χ2n) is 6.22. The molecular weight excluding hydrogens is 307 g/mol. The Morgan fingerprint density at radius 1 is 1.08 bits per heavy atom. The summed E-state index contributed by atoms with van der Waals surface area (Å²) in [5, 5.41) is 3.19. The molecule has 0 saturated carbocycles. The van der Waals surface area contributed by atoms with E-state index < -0.39 is 11.9 Å². The van der Waals surface area contributed by atoms with Gasteiger partial charge in [0, 0.05) is 5.69 Å². The smallest absolute Gasteiger partial charge is 0.256 e. The highest BCUT2D eigenvalue weighted by Crippen LogP contribution is 2.28. The molecule has 1 atom stereocenters. The van der Waals surface area contributed by atoms with Crippen LogP contribution in [-0.2, 0) is 9.59 Å². The number of nitrogens with zero attached hydrogens (tertiary/aromatic N) is 1. The first-order chi connectivity index (χ1) is 11.4. The van der Waals surface area contributed by atoms with Gasteiger partial charge in [-0.3, -0.25) is 9.59 Å². The highest BCUT2D eigenvalue weighted by Gasteiger charge is 2.40. The summed E-state index contributed by atoms with van der Waals surface area (Å²) < 4.78 is 13.4. The third-order valence-electron chi connectivity index (χ3n) is 4.21. The Morgan fingerprint density at radius 3 is 2.38 bits per heavy atom. The van der Waals surface area contributed by atoms with E-state index >= 15 is 0 Å². The van der Waals surface area contributed by atoms with Crippen LogP contribution in [0.3, 0.4) is 0 Å². The van der Waals surface area contributed by atoms with E-state index in [0.717, 1.165) is 27.3 Å². The number of aryl methyl sites for hydroxylation is 3. The molecule has 124 valence electrons. The lowest BCUT2D eigenvalue weighted by atomic mass is 10.0. The molecule has 0 aromatic heterocycles. The zero-order valence-corrected chi connectivity index (χ0v) is 13.9. The molecule has 5 heteroatoms. The van der Waals surface area contributed by atoms with Crippen molar-refractivity contribution >= 4 is 23.2 Å². The molecule has 0 bridgehead atoms. The molecule has 2 aromatic rings. The Bertz CT molecular complexity index is 809. The van der Waals surface area contributed by atoms with E-state index in [1.807, 2.05) is 32.9 Å². The first kappa shape index (κ1) is 16.2. The molecule has 0 spiro atoms. The van der Waals surface area contributed by atoms with Crippen LogP contribution in [0.5, 0.6) is 0 Å². The summed E-state index contributed by atoms with van der Waals surface area (Å²) in [6, 6.07) is 8.94. The Morgan fingerprint density at radius 2 is 1.75 bits per heavy atom. The van der Waals surface area contributed by atoms with Crippen LogP contribution in [0.2, 0.25) is 0 Å². The molecule has 1 heterocycles. The summed E-state index contributed by atoms with van der Waals surface area (Å²) in [4.78, 5) is 26.0. The minimum absolute atomic E-state index is 0.0576. The predicted octanol–water partition coefficient (Wildman–Crippen LogP) is 3.49. The minimum atomic E-state index is -0.638. The Balaban J connectivity index is 1.87. The first-order valence-corrected chi connectivity index (χ1v) is 7.83. The molecule has 1 fully saturated rings. The SMILES string of the molecule is Cc1cc(C)c(N[C@H]2CC(=O)N(c3cccc(F)c3)C2=O)c(C)c1. The normalized spacial score (nSPS) is 17.5. The fraction of sp³-hybridized carbons (Fsp3) is 0.263. The Hall–Kier alpha value is -2.69. The van der Waals surface area contributed by atoms with Gasteiger partial charge < -0.3 is 5.32 Å². The standard InChI is InChI=1S/C19H19FN2O2/c1-11-7-12(2)18(13(3)8-11)21-16-10-17(23)22(19(16)24)15-6-4-5-14(20)9-15/h4-9,16,21H,10H2,1-3H3/t16-/m0/s1. The highest BCUT2D eigenvalue weighted by atomic mass is 19.1. The molecule has 0 radical (unpaired) electrons. The van der Waals surface area contributed by atoms with Gasteiger partial charge in [0.05, 0.1) is 12.1 Å². The second kappa shape index (κ2) is 6.07. The van der Waals surface area contributed by atoms with E-state index in [-0.39, 0.29) is 23.9 Å². The molecule has 0 unspecified atom stereocenters. The van der Waals surface area contributed by atoms with Crippen molar-refractivity contribution in [2.45, 2.75) is 33.2 Å². The average Bonchev–Trinajstić information content (AvgIpc) is 2.77. The molecule has 24 heavy (non-hydrogen) atoms. The topological polar surface area (TPSA) is 49.4 Å². The van der Waals surface area contributed by atoms with Crippen LogP contribution in [0.4, 0.5) is 15.8 Å². The number of rotatable bonds is 3. The van der Waals surface area contributed by atoms with Crippen molar-refractivity contribution in [1.29, 1.82) is 0 Å². The van der Waals surface area contributed by atoms with Crippen molar-refractivity contribution in [2.75, 3.05) is 10.2 Å². The third kappa shape index (κ3) is 2.89. The van der Waals surface area contributed by atoms with Gasteiger partial charge in [0.1, 0.15) is 11.9 Å². The largest absolute Gasteiger partial charge is 0.373 e. The van der Waals surface area contributed by atoms with Gasteiger partial charge in [0.15, 0.2) is 0 Å². The maximum absolute atomic E-state index is 13.4. The fourth-order valence-electron chi connectivity index (χ4n) is 3.21. The van der Waals surface area contributed by atoms with Gasteiger partial charge in [-0.15, -0.1) is 0 Å². The lowest BCUT2D eigenvalue weighted by Gasteiger charge is -2.19. The van der Waals surface area contributed by atoms with E-state index in [1.54, 1.807) is 6.07 Å². The molecular formula is C19H19FN2O2. The van der Waals surface area contributed by atoms with E-state index in [0.29, 0.717) is 0 Å². The zero-order valence-electron chi connectivity index (χ0n) is 13.9. The maximum Gasteiger partial charge on any atom is 0.256 e. The van der Waals surface area contributed by atoms with Gasteiger partial charge in [-0.05, 0) is 50.1 Å². The van der Waals surface area contributed by atoms with Gasteiger partial charge in [0.25, 0.3) is 5.91 Å². The molecule has 1 aliphatic heterocycles. The number of nitrogens with one attached hydrogen (secondary N) is 1. The van der Waals surface area contributed by atoms with E-state index in [4.69, 9.17) is 0 Å². The summed E-state index contributed by atoms with van der Waals surface area (Å²) in [5.41, 5.74) is 4.33. The van der Waals surface area contributed by atoms with Crippen molar-refractivity contribution < 1.29 is 14.0 Å². The number of imide groups is 1. The Labute approximate surface area is 140 Å². The van der Waals surface area contributed by atoms with Gasteiger partial charge >= 0.3 is 0 Å². The Kier molecular flexibility index (Phi) is 4.09. The lowest BCUT2D eigenvalue weighted by Crippen LogP contribution is -2.35. The summed E-state index contributed by atoms with van der Waals surface area (Å²) >= 11 is 0. The van der Waals surface area contributed by atoms with Gasteiger partial charge in [-0.1, -0.05) is 23.8 Å². The molecule has 1 saturated heterocycles. The maximum atomic E-state index is 13.4. The van der Waals surface area contributed by atoms with E-state index in [2.05, 4.69) is 5.32 Å². The van der Waals surface area contributed by atoms with Crippen LogP contribution in [0.25, 0.3) is 0 Å². The molecule has 4 nitrogen and oxygen atoms in total. The van der Waals surface area contributed by atoms with Crippen molar-refractivity contribution in [2.24, 2.45) is 0 Å². The molecule has 1 aliphatic rings. The third-order valence-corrected chi connectivity index (χ3v) is 4.21. The average molecular weight is 326 g/mol. The van der Waals surface area contributed by atoms with Gasteiger partial charge in [-0.25, -0.2) is 9.29 Å². The quantitative estimate of drug-likeness (QED) is 0.878. The first-order valence-electron chi connectivity index (χ1n) is 7.83. The number of benzene rings is 2. The van der Waals surface area contributed by atoms with E-state index in [9.17, 15) is 14.0 Å². The number of carbonyl (C=O) groups is 2. The molecule has 0 aliphatic carbocycles. The molecule has 3 rings (SSSR count). The van der Waals surface area contributed by atoms with E-state index in [1.165, 1.54) is 18.2 Å². The van der Waals surface area contributed by atoms with Gasteiger partial charge in [0.2, 0.25) is 5.91 Å². The van der Waals surface area contributed by atoms with Crippen LogP contribution in [0.15, 0.2) is 36.4 Å². The summed E-state index contributed by atoms with van der Waals surface area (Å²) in [6.07, 6.45) is 0.0576. The fourth-order valence-corrected chi connectivity index (χ4v) is 3.21. The van der Waals surface area contributed by atoms with Crippen molar-refractivity contribution in [3.05, 3.63) is 58.9 Å². The van der Waals surface area contributed by atoms with Crippen LogP contribution in [-0.4, -0.2) is 17.9 Å². The van der Waals surface area contributed by atoms with Crippen LogP contribution >= 0.6 is 0 Å². The number of hydrogen-bond acceptors (Lipinski definition) is 3. The van der Waals surface area contributed by atoms with Crippen molar-refractivity contribution in [3.8, 4) is 0 Å². The minimum Gasteiger partial charge on any atom is -0.373 e. The number of carbonyl (C=O) groups excluding carboxylic acids is 2. The summed E-state index contributed by atoms with van der Waals surface area (Å²) in [5.74, 6) is -1.16. The van der Waals surface area contributed by atoms with Crippen molar-refractivity contribution in [3.63, 3.8) is 0 Å². The molecule has 2 amide bonds. The van der Waals surface area contributed by atoms with Crippen LogP contribution in [0.1, 0.15) is 23.1 Å². The summed E-state index contributed by atoms with van der Waals surface area (Å²) in [6.45, 7) is 5.95. The number of amides is 2. The summed E-state index contributed by atoms with van der Waals surface area (Å²) in [7, 11) is 0. The molecule has 2 aromatic carbocycles. The number of hydrogen-bond donors (Lipinski definition) is 1. The predicted molar refractivity (Wildman–Crippen MR) is 91.6 cm³/mol. The monoisotopic (exact) mass is 326 g/mol. The number of halogens is 1. The number of anilines is 2. The van der Waals surface area contributed by atoms with Gasteiger partial charge in [-0.2, -0.15) is 0 Å². The van der Waals surface area contributed by atoms with Crippen molar-refractivity contribution in [1.82, 2.24) is 0 Å². The van der Waals surface area contributed by atoms with Crippen LogP contribution < -0.4 is 10.2 Å². The molecule has 1 N–H and O–H groups in total. The highest BCUT2D eigenvalue weighted by molar-refractivity contribution is 6.23. The zero-order chi connectivity index (χ0) is 17.4.